The monoisotopic (exact) mass is 588 g/mol. The zero-order valence-electron chi connectivity index (χ0n) is 25.8. The molecule has 3 unspecified atom stereocenters. The molecule has 0 bridgehead atoms. The highest BCUT2D eigenvalue weighted by atomic mass is 35.7. The van der Waals surface area contributed by atoms with Gasteiger partial charge in [-0.25, -0.2) is 23.2 Å². The minimum atomic E-state index is -4.94. The number of piperidine rings is 3. The van der Waals surface area contributed by atoms with Gasteiger partial charge in [0.05, 0.1) is 0 Å². The molecular formula is C34H53ClN2O4. The molecule has 4 aliphatic rings. The Labute approximate surface area is 251 Å². The zero-order valence-corrected chi connectivity index (χ0v) is 26.6. The molecule has 0 saturated carbocycles. The normalized spacial score (nSPS) is 23.8. The molecule has 0 radical (unpaired) electrons. The molecule has 6 rings (SSSR count). The van der Waals surface area contributed by atoms with Crippen molar-refractivity contribution < 1.29 is 33.5 Å². The Balaban J connectivity index is 0.000000224. The second-order valence-corrected chi connectivity index (χ2v) is 11.4. The standard InChI is InChI=1S/C15H21N.C15H20N.2C2H6.ClHO4/c2*1-2-7-13(8-3-1)15-11-6-10-14-9-4-5-12-16(14)15;2*1-2;2-1(3,4)5/h1-3,7-8,14-15H,4-6,9-12H2;1-3,7-8,14H,4-6,9-12H2;2*1-2H3;(H,2,3,4,5)/q;+1;;;/p-1. The van der Waals surface area contributed by atoms with E-state index < -0.39 is 10.2 Å². The van der Waals surface area contributed by atoms with Crippen molar-refractivity contribution in [3.8, 4) is 0 Å². The van der Waals surface area contributed by atoms with Crippen LogP contribution in [0.15, 0.2) is 60.7 Å². The van der Waals surface area contributed by atoms with Crippen LogP contribution >= 0.6 is 0 Å². The largest absolute Gasteiger partial charge is 0.293 e. The molecule has 0 spiro atoms. The molecule has 2 aromatic carbocycles. The number of hydrogen-bond donors (Lipinski definition) is 0. The van der Waals surface area contributed by atoms with Crippen molar-refractivity contribution in [3.05, 3.63) is 71.8 Å². The Morgan fingerprint density at radius 2 is 1.22 bits per heavy atom. The maximum atomic E-state index is 8.49. The average Bonchev–Trinajstić information content (AvgIpc) is 3.03. The van der Waals surface area contributed by atoms with Gasteiger partial charge in [-0.2, -0.15) is 0 Å². The molecule has 0 N–H and O–H groups in total. The highest BCUT2D eigenvalue weighted by Crippen LogP contribution is 2.38. The molecule has 6 nitrogen and oxygen atoms in total. The van der Waals surface area contributed by atoms with Gasteiger partial charge in [-0.15, -0.1) is 10.2 Å². The maximum absolute atomic E-state index is 8.49. The Kier molecular flexibility index (Phi) is 16.7. The van der Waals surface area contributed by atoms with Crippen molar-refractivity contribution in [2.45, 2.75) is 123 Å². The van der Waals surface area contributed by atoms with Gasteiger partial charge in [0.25, 0.3) is 0 Å². The summed E-state index contributed by atoms with van der Waals surface area (Å²) in [4.78, 5) is 2.78. The molecule has 3 saturated heterocycles. The number of hydrogen-bond acceptors (Lipinski definition) is 5. The van der Waals surface area contributed by atoms with Gasteiger partial charge >= 0.3 is 0 Å². The van der Waals surface area contributed by atoms with Gasteiger partial charge in [0.1, 0.15) is 6.54 Å². The van der Waals surface area contributed by atoms with Crippen molar-refractivity contribution in [1.29, 1.82) is 0 Å². The summed E-state index contributed by atoms with van der Waals surface area (Å²) in [6.45, 7) is 10.6. The van der Waals surface area contributed by atoms with Crippen LogP contribution in [0.2, 0.25) is 0 Å². The Morgan fingerprint density at radius 3 is 1.88 bits per heavy atom. The second-order valence-electron chi connectivity index (χ2n) is 10.7. The first-order chi connectivity index (χ1) is 19.9. The van der Waals surface area contributed by atoms with Crippen LogP contribution in [0.4, 0.5) is 0 Å². The van der Waals surface area contributed by atoms with Gasteiger partial charge in [-0.1, -0.05) is 82.6 Å². The summed E-state index contributed by atoms with van der Waals surface area (Å²) in [6.07, 6.45) is 16.8. The van der Waals surface area contributed by atoms with E-state index >= 15 is 0 Å². The van der Waals surface area contributed by atoms with E-state index in [1.807, 2.05) is 27.7 Å². The summed E-state index contributed by atoms with van der Waals surface area (Å²) in [5.41, 5.74) is 4.60. The van der Waals surface area contributed by atoms with E-state index in [9.17, 15) is 0 Å². The lowest BCUT2D eigenvalue weighted by Gasteiger charge is -2.45. The predicted octanol–water partition coefficient (Wildman–Crippen LogP) is 4.29. The molecule has 0 aliphatic carbocycles. The number of benzene rings is 2. The van der Waals surface area contributed by atoms with E-state index in [1.165, 1.54) is 101 Å². The van der Waals surface area contributed by atoms with E-state index in [4.69, 9.17) is 18.6 Å². The second kappa shape index (κ2) is 19.4. The van der Waals surface area contributed by atoms with Gasteiger partial charge in [0.15, 0.2) is 11.8 Å². The van der Waals surface area contributed by atoms with Crippen LogP contribution < -0.4 is 18.6 Å². The number of fused-ring (bicyclic) bond motifs is 2. The topological polar surface area (TPSA) is 98.5 Å². The molecular weight excluding hydrogens is 536 g/mol. The molecule has 7 heteroatoms. The summed E-state index contributed by atoms with van der Waals surface area (Å²) in [5, 5.41) is 0. The van der Waals surface area contributed by atoms with Crippen LogP contribution in [-0.2, 0) is 0 Å². The highest BCUT2D eigenvalue weighted by Gasteiger charge is 2.33. The first-order valence-electron chi connectivity index (χ1n) is 16.0. The van der Waals surface area contributed by atoms with E-state index in [0.29, 0.717) is 6.04 Å². The van der Waals surface area contributed by atoms with Gasteiger partial charge in [0.2, 0.25) is 0 Å². The third-order valence-corrected chi connectivity index (χ3v) is 8.30. The van der Waals surface area contributed by atoms with Crippen LogP contribution in [0.1, 0.15) is 122 Å². The molecule has 230 valence electrons. The van der Waals surface area contributed by atoms with E-state index in [1.54, 1.807) is 5.71 Å². The fraction of sp³-hybridized carbons (Fsp3) is 0.618. The minimum Gasteiger partial charge on any atom is -0.293 e. The van der Waals surface area contributed by atoms with Crippen LogP contribution in [-0.4, -0.2) is 40.4 Å². The van der Waals surface area contributed by atoms with Crippen molar-refractivity contribution >= 4 is 5.71 Å². The third kappa shape index (κ3) is 12.1. The highest BCUT2D eigenvalue weighted by molar-refractivity contribution is 5.97. The van der Waals surface area contributed by atoms with Gasteiger partial charge in [0, 0.05) is 43.3 Å². The average molecular weight is 589 g/mol. The first kappa shape index (κ1) is 35.4. The Bertz CT molecular complexity index is 973. The SMILES string of the molecule is CC.CC.[O-][Cl+3]([O-])([O-])[O-].c1ccc(C2=[N+]3CCCCC3CCC2)cc1.c1ccc(C2CCCC3CCCCN32)cc1. The fourth-order valence-electron chi connectivity index (χ4n) is 6.73. The molecule has 3 atom stereocenters. The van der Waals surface area contributed by atoms with Crippen LogP contribution in [0, 0.1) is 10.2 Å². The smallest absolute Gasteiger partial charge is 0.183 e. The lowest BCUT2D eigenvalue weighted by Crippen LogP contribution is -2.68. The zero-order chi connectivity index (χ0) is 30.1. The molecule has 41 heavy (non-hydrogen) atoms. The van der Waals surface area contributed by atoms with Crippen molar-refractivity contribution in [2.24, 2.45) is 0 Å². The van der Waals surface area contributed by atoms with Gasteiger partial charge in [-0.05, 0) is 69.2 Å². The molecule has 2 aromatic rings. The molecule has 3 fully saturated rings. The third-order valence-electron chi connectivity index (χ3n) is 8.30. The van der Waals surface area contributed by atoms with Gasteiger partial charge < -0.3 is 0 Å². The van der Waals surface area contributed by atoms with Crippen molar-refractivity contribution in [2.75, 3.05) is 13.1 Å². The summed E-state index contributed by atoms with van der Waals surface area (Å²) in [5.74, 6) is 0. The maximum Gasteiger partial charge on any atom is 0.183 e. The number of nitrogens with zero attached hydrogens (tertiary/aromatic N) is 2. The van der Waals surface area contributed by atoms with Crippen LogP contribution in [0.25, 0.3) is 0 Å². The Morgan fingerprint density at radius 1 is 0.659 bits per heavy atom. The van der Waals surface area contributed by atoms with E-state index in [0.717, 1.165) is 12.1 Å². The quantitative estimate of drug-likeness (QED) is 0.488. The molecule has 4 heterocycles. The van der Waals surface area contributed by atoms with Crippen LogP contribution in [0.3, 0.4) is 0 Å². The molecule has 0 aromatic heterocycles. The molecule has 4 aliphatic heterocycles. The van der Waals surface area contributed by atoms with E-state index in [-0.39, 0.29) is 0 Å². The summed E-state index contributed by atoms with van der Waals surface area (Å²) >= 11 is 0. The van der Waals surface area contributed by atoms with Crippen LogP contribution in [0.5, 0.6) is 0 Å². The summed E-state index contributed by atoms with van der Waals surface area (Å²) in [6, 6.07) is 24.5. The van der Waals surface area contributed by atoms with E-state index in [2.05, 4.69) is 70.1 Å². The van der Waals surface area contributed by atoms with Gasteiger partial charge in [-0.3, -0.25) is 4.90 Å². The predicted molar refractivity (Wildman–Crippen MR) is 157 cm³/mol. The van der Waals surface area contributed by atoms with Crippen molar-refractivity contribution in [3.63, 3.8) is 0 Å². The lowest BCUT2D eigenvalue weighted by molar-refractivity contribution is -2.00. The number of halogens is 1. The molecule has 0 amide bonds. The minimum absolute atomic E-state index is 0.709. The Hall–Kier alpha value is -1.80. The summed E-state index contributed by atoms with van der Waals surface area (Å²) < 4.78 is 36.7. The lowest BCUT2D eigenvalue weighted by atomic mass is 9.86. The number of rotatable bonds is 2. The summed E-state index contributed by atoms with van der Waals surface area (Å²) in [7, 11) is -4.94. The first-order valence-corrected chi connectivity index (χ1v) is 17.2. The fourth-order valence-corrected chi connectivity index (χ4v) is 6.73. The van der Waals surface area contributed by atoms with Crippen molar-refractivity contribution in [1.82, 2.24) is 4.90 Å².